The maximum absolute atomic E-state index is 13.2. The van der Waals surface area contributed by atoms with Crippen LogP contribution in [-0.4, -0.2) is 47.0 Å². The van der Waals surface area contributed by atoms with Gasteiger partial charge in [-0.05, 0) is 171 Å². The van der Waals surface area contributed by atoms with Gasteiger partial charge in [0.15, 0.2) is 0 Å². The molecule has 2 aliphatic carbocycles. The number of hydrogen-bond acceptors (Lipinski definition) is 4. The van der Waals surface area contributed by atoms with Crippen molar-refractivity contribution in [2.75, 3.05) is 13.1 Å². The number of fused-ring (bicyclic) bond motifs is 11. The molecule has 10 rings (SSSR count). The van der Waals surface area contributed by atoms with Gasteiger partial charge in [0.05, 0.1) is 0 Å². The Morgan fingerprint density at radius 2 is 0.810 bits per heavy atom. The van der Waals surface area contributed by atoms with Crippen LogP contribution >= 0.6 is 0 Å². The number of urea groups is 2. The molecule has 4 aliphatic heterocycles. The standard InChI is InChI=1S/C50H62N6O2/c57-49(53-39-17-13-33(14-18-39)25-27-55-45-21-22-46(55)42-10-4-3-9-41(42)45)51-31-37-29-35-7-1-2-8-36(35)30-38(37)32-52-50(58)54-40-19-15-34(16-20-40)26-28-56-47-23-24-48(56)44-12-6-5-11-43(44)47/h1-12,29-30,33-34,39-40,45-48H,13-28,31-32H2,(H2,51,53,57)(H2,52,54,58)/t33?,34?,39?,40?,45-,46+,47-,48+. The summed E-state index contributed by atoms with van der Waals surface area (Å²) in [5.74, 6) is 1.48. The number of rotatable bonds is 12. The maximum atomic E-state index is 13.2. The van der Waals surface area contributed by atoms with Crippen molar-refractivity contribution in [3.05, 3.63) is 118 Å². The van der Waals surface area contributed by atoms with Gasteiger partial charge in [0.2, 0.25) is 0 Å². The number of carbonyl (C=O) groups excluding carboxylic acids is 2. The minimum absolute atomic E-state index is 0.104. The Hall–Kier alpha value is -4.40. The first-order chi connectivity index (χ1) is 28.5. The summed E-state index contributed by atoms with van der Waals surface area (Å²) in [6.45, 7) is 3.21. The van der Waals surface area contributed by atoms with Crippen LogP contribution in [0.25, 0.3) is 10.8 Å². The minimum Gasteiger partial charge on any atom is -0.335 e. The van der Waals surface area contributed by atoms with E-state index < -0.39 is 0 Å². The average molecular weight is 779 g/mol. The molecule has 0 unspecified atom stereocenters. The number of hydrogen-bond donors (Lipinski definition) is 4. The fourth-order valence-corrected chi connectivity index (χ4v) is 12.3. The van der Waals surface area contributed by atoms with Gasteiger partial charge in [-0.25, -0.2) is 9.59 Å². The molecule has 58 heavy (non-hydrogen) atoms. The topological polar surface area (TPSA) is 88.7 Å². The van der Waals surface area contributed by atoms with Crippen molar-refractivity contribution in [3.8, 4) is 0 Å². The Kier molecular flexibility index (Phi) is 10.9. The van der Waals surface area contributed by atoms with E-state index in [0.717, 1.165) is 59.4 Å². The highest BCUT2D eigenvalue weighted by Crippen LogP contribution is 2.54. The molecule has 0 aromatic heterocycles. The Morgan fingerprint density at radius 3 is 1.17 bits per heavy atom. The molecule has 4 atom stereocenters. The SMILES string of the molecule is O=C(NCc1cc2ccccc2cc1CNC(=O)NC1CCC(CCN2[C@@H]3CC[C@H]2c2ccccc23)CC1)NC1CCC(CCN2[C@@H]3CC[C@H]2c2ccccc23)CC1. The van der Waals surface area contributed by atoms with Gasteiger partial charge >= 0.3 is 12.1 Å². The quantitative estimate of drug-likeness (QED) is 0.115. The lowest BCUT2D eigenvalue weighted by Gasteiger charge is -2.31. The first-order valence-electron chi connectivity index (χ1n) is 22.8. The monoisotopic (exact) mass is 778 g/mol. The third-order valence-corrected chi connectivity index (χ3v) is 15.4. The van der Waals surface area contributed by atoms with Gasteiger partial charge in [-0.1, -0.05) is 72.8 Å². The molecule has 4 N–H and O–H groups in total. The summed E-state index contributed by atoms with van der Waals surface area (Å²) >= 11 is 0. The Labute approximate surface area is 344 Å². The lowest BCUT2D eigenvalue weighted by atomic mass is 9.84. The Morgan fingerprint density at radius 1 is 0.466 bits per heavy atom. The normalized spacial score (nSPS) is 28.6. The summed E-state index contributed by atoms with van der Waals surface area (Å²) in [6, 6.07) is 33.5. The van der Waals surface area contributed by atoms with Crippen LogP contribution in [0.15, 0.2) is 84.9 Å². The molecule has 4 bridgehead atoms. The van der Waals surface area contributed by atoms with Crippen LogP contribution in [0.2, 0.25) is 0 Å². The van der Waals surface area contributed by atoms with Crippen LogP contribution < -0.4 is 21.3 Å². The molecule has 0 radical (unpaired) electrons. The van der Waals surface area contributed by atoms with Gasteiger partial charge in [-0.15, -0.1) is 0 Å². The second kappa shape index (κ2) is 16.7. The zero-order chi connectivity index (χ0) is 39.0. The molecular weight excluding hydrogens is 717 g/mol. The number of amides is 4. The first kappa shape index (κ1) is 37.8. The Balaban J connectivity index is 0.657. The summed E-state index contributed by atoms with van der Waals surface area (Å²) < 4.78 is 0. The number of carbonyl (C=O) groups is 2. The average Bonchev–Trinajstić information content (AvgIpc) is 4.03. The van der Waals surface area contributed by atoms with Crippen molar-refractivity contribution in [1.82, 2.24) is 31.1 Å². The predicted octanol–water partition coefficient (Wildman–Crippen LogP) is 10.1. The highest BCUT2D eigenvalue weighted by Gasteiger charge is 2.44. The van der Waals surface area contributed by atoms with Gasteiger partial charge in [-0.2, -0.15) is 0 Å². The lowest BCUT2D eigenvalue weighted by Crippen LogP contribution is -2.44. The van der Waals surface area contributed by atoms with Crippen LogP contribution in [-0.2, 0) is 13.1 Å². The Bertz CT molecular complexity index is 1890. The van der Waals surface area contributed by atoms with E-state index in [9.17, 15) is 9.59 Å². The van der Waals surface area contributed by atoms with E-state index in [1.165, 1.54) is 77.3 Å². The van der Waals surface area contributed by atoms with E-state index in [4.69, 9.17) is 0 Å². The number of nitrogens with one attached hydrogen (secondary N) is 4. The smallest absolute Gasteiger partial charge is 0.315 e. The molecule has 8 nitrogen and oxygen atoms in total. The highest BCUT2D eigenvalue weighted by molar-refractivity contribution is 5.84. The van der Waals surface area contributed by atoms with Gasteiger partial charge in [0, 0.05) is 49.3 Å². The van der Waals surface area contributed by atoms with Gasteiger partial charge in [0.25, 0.3) is 0 Å². The summed E-state index contributed by atoms with van der Waals surface area (Å²) in [4.78, 5) is 32.0. The van der Waals surface area contributed by atoms with Crippen LogP contribution in [0, 0.1) is 11.8 Å². The summed E-state index contributed by atoms with van der Waals surface area (Å²) in [6.07, 6.45) is 16.6. The van der Waals surface area contributed by atoms with Crippen LogP contribution in [0.3, 0.4) is 0 Å². The van der Waals surface area contributed by atoms with Crippen LogP contribution in [0.5, 0.6) is 0 Å². The highest BCUT2D eigenvalue weighted by atomic mass is 16.2. The number of nitrogens with zero attached hydrogens (tertiary/aromatic N) is 2. The fraction of sp³-hybridized carbons (Fsp3) is 0.520. The predicted molar refractivity (Wildman–Crippen MR) is 231 cm³/mol. The fourth-order valence-electron chi connectivity index (χ4n) is 12.3. The van der Waals surface area contributed by atoms with Gasteiger partial charge in [0.1, 0.15) is 0 Å². The van der Waals surface area contributed by atoms with Gasteiger partial charge < -0.3 is 21.3 Å². The molecule has 4 aromatic carbocycles. The largest absolute Gasteiger partial charge is 0.335 e. The zero-order valence-corrected chi connectivity index (χ0v) is 34.1. The van der Waals surface area contributed by atoms with Crippen LogP contribution in [0.4, 0.5) is 9.59 Å². The van der Waals surface area contributed by atoms with Gasteiger partial charge in [-0.3, -0.25) is 9.80 Å². The van der Waals surface area contributed by atoms with E-state index in [2.05, 4.69) is 104 Å². The molecule has 4 aromatic rings. The summed E-state index contributed by atoms with van der Waals surface area (Å²) in [7, 11) is 0. The third kappa shape index (κ3) is 7.75. The lowest BCUT2D eigenvalue weighted by molar-refractivity contribution is 0.185. The molecule has 6 aliphatic rings. The van der Waals surface area contributed by atoms with E-state index in [-0.39, 0.29) is 24.1 Å². The molecule has 4 amide bonds. The molecule has 8 heteroatoms. The number of benzene rings is 4. The second-order valence-corrected chi connectivity index (χ2v) is 18.6. The first-order valence-corrected chi connectivity index (χ1v) is 22.8. The van der Waals surface area contributed by atoms with E-state index in [1.54, 1.807) is 22.3 Å². The molecule has 2 saturated heterocycles. The zero-order valence-electron chi connectivity index (χ0n) is 34.1. The minimum atomic E-state index is -0.104. The molecule has 0 spiro atoms. The molecule has 2 saturated carbocycles. The van der Waals surface area contributed by atoms with Crippen molar-refractivity contribution >= 4 is 22.8 Å². The molecule has 304 valence electrons. The molecule has 4 fully saturated rings. The van der Waals surface area contributed by atoms with Crippen LogP contribution in [0.1, 0.15) is 147 Å². The van der Waals surface area contributed by atoms with Crippen molar-refractivity contribution in [3.63, 3.8) is 0 Å². The van der Waals surface area contributed by atoms with Crippen molar-refractivity contribution in [2.45, 2.75) is 139 Å². The molecular formula is C50H62N6O2. The van der Waals surface area contributed by atoms with Crippen molar-refractivity contribution in [1.29, 1.82) is 0 Å². The van der Waals surface area contributed by atoms with E-state index in [1.807, 2.05) is 12.1 Å². The second-order valence-electron chi connectivity index (χ2n) is 18.6. The third-order valence-electron chi connectivity index (χ3n) is 15.4. The van der Waals surface area contributed by atoms with E-state index >= 15 is 0 Å². The maximum Gasteiger partial charge on any atom is 0.315 e. The summed E-state index contributed by atoms with van der Waals surface area (Å²) in [5, 5.41) is 15.2. The van der Waals surface area contributed by atoms with Crippen molar-refractivity contribution in [2.24, 2.45) is 11.8 Å². The molecule has 4 heterocycles. The summed E-state index contributed by atoms with van der Waals surface area (Å²) in [5.41, 5.74) is 8.34. The van der Waals surface area contributed by atoms with E-state index in [0.29, 0.717) is 37.3 Å². The van der Waals surface area contributed by atoms with Crippen molar-refractivity contribution < 1.29 is 9.59 Å².